The smallest absolute Gasteiger partial charge is 0.138 e. The molecule has 0 aromatic heterocycles. The summed E-state index contributed by atoms with van der Waals surface area (Å²) in [6.07, 6.45) is 2.52. The summed E-state index contributed by atoms with van der Waals surface area (Å²) in [6, 6.07) is 5.86. The molecular weight excluding hydrogens is 251 g/mol. The molecular formula is C17H23FN2. The minimum Gasteiger partial charge on any atom is -0.320 e. The summed E-state index contributed by atoms with van der Waals surface area (Å²) in [5, 5.41) is 0. The molecule has 1 saturated heterocycles. The normalized spacial score (nSPS) is 19.1. The molecule has 1 atom stereocenters. The third kappa shape index (κ3) is 3.59. The van der Waals surface area contributed by atoms with Crippen LogP contribution in [-0.4, -0.2) is 24.0 Å². The molecule has 1 aliphatic rings. The van der Waals surface area contributed by atoms with Crippen molar-refractivity contribution < 1.29 is 4.39 Å². The van der Waals surface area contributed by atoms with E-state index < -0.39 is 0 Å². The molecule has 0 radical (unpaired) electrons. The fourth-order valence-electron chi connectivity index (χ4n) is 2.95. The highest BCUT2D eigenvalue weighted by molar-refractivity contribution is 5.38. The van der Waals surface area contributed by atoms with Crippen LogP contribution in [0.2, 0.25) is 0 Å². The largest absolute Gasteiger partial charge is 0.320 e. The highest BCUT2D eigenvalue weighted by atomic mass is 19.1. The number of nitrogens with zero attached hydrogens (tertiary/aromatic N) is 1. The summed E-state index contributed by atoms with van der Waals surface area (Å²) in [5.74, 6) is 5.92. The molecule has 1 aliphatic heterocycles. The zero-order valence-corrected chi connectivity index (χ0v) is 12.3. The van der Waals surface area contributed by atoms with Crippen LogP contribution in [0.5, 0.6) is 0 Å². The molecule has 0 aliphatic carbocycles. The third-order valence-corrected chi connectivity index (χ3v) is 3.93. The second-order valence-corrected chi connectivity index (χ2v) is 5.74. The quantitative estimate of drug-likeness (QED) is 0.859. The van der Waals surface area contributed by atoms with Gasteiger partial charge in [-0.05, 0) is 43.0 Å². The molecule has 0 saturated carbocycles. The molecule has 2 rings (SSSR count). The summed E-state index contributed by atoms with van der Waals surface area (Å²) < 4.78 is 13.7. The molecule has 1 heterocycles. The Morgan fingerprint density at radius 1 is 1.45 bits per heavy atom. The van der Waals surface area contributed by atoms with E-state index >= 15 is 0 Å². The van der Waals surface area contributed by atoms with E-state index in [0.717, 1.165) is 18.7 Å². The van der Waals surface area contributed by atoms with E-state index in [-0.39, 0.29) is 12.4 Å². The lowest BCUT2D eigenvalue weighted by atomic mass is 10.0. The van der Waals surface area contributed by atoms with Crippen molar-refractivity contribution in [2.45, 2.75) is 39.3 Å². The number of hydrogen-bond donors (Lipinski definition) is 1. The first-order valence-corrected chi connectivity index (χ1v) is 7.33. The van der Waals surface area contributed by atoms with Crippen LogP contribution in [0.3, 0.4) is 0 Å². The summed E-state index contributed by atoms with van der Waals surface area (Å²) in [6.45, 7) is 6.80. The van der Waals surface area contributed by atoms with Crippen LogP contribution in [0.15, 0.2) is 18.2 Å². The fraction of sp³-hybridized carbons (Fsp3) is 0.529. The Morgan fingerprint density at radius 2 is 2.25 bits per heavy atom. The predicted octanol–water partition coefficient (Wildman–Crippen LogP) is 2.76. The molecule has 2 N–H and O–H groups in total. The molecule has 108 valence electrons. The van der Waals surface area contributed by atoms with Gasteiger partial charge in [0.05, 0.1) is 12.1 Å². The van der Waals surface area contributed by atoms with Crippen LogP contribution in [0, 0.1) is 23.6 Å². The topological polar surface area (TPSA) is 29.3 Å². The molecule has 0 bridgehead atoms. The number of nitrogens with two attached hydrogens (primary N) is 1. The molecule has 1 aromatic rings. The first-order valence-electron chi connectivity index (χ1n) is 7.33. The summed E-state index contributed by atoms with van der Waals surface area (Å²) >= 11 is 0. The van der Waals surface area contributed by atoms with Crippen molar-refractivity contribution in [1.82, 2.24) is 4.90 Å². The van der Waals surface area contributed by atoms with Crippen molar-refractivity contribution in [2.24, 2.45) is 11.7 Å². The van der Waals surface area contributed by atoms with Crippen LogP contribution < -0.4 is 5.73 Å². The maximum Gasteiger partial charge on any atom is 0.138 e. The summed E-state index contributed by atoms with van der Waals surface area (Å²) in [5.41, 5.74) is 6.92. The lowest BCUT2D eigenvalue weighted by molar-refractivity contribution is 0.199. The van der Waals surface area contributed by atoms with Gasteiger partial charge in [0.2, 0.25) is 0 Å². The number of hydrogen-bond acceptors (Lipinski definition) is 2. The number of rotatable bonds is 3. The average Bonchev–Trinajstić information content (AvgIpc) is 2.87. The van der Waals surface area contributed by atoms with Crippen LogP contribution in [0.25, 0.3) is 0 Å². The van der Waals surface area contributed by atoms with Crippen LogP contribution >= 0.6 is 0 Å². The van der Waals surface area contributed by atoms with Gasteiger partial charge in [0.25, 0.3) is 0 Å². The van der Waals surface area contributed by atoms with E-state index in [2.05, 4.69) is 30.6 Å². The second-order valence-electron chi connectivity index (χ2n) is 5.74. The van der Waals surface area contributed by atoms with E-state index in [1.807, 2.05) is 12.1 Å². The van der Waals surface area contributed by atoms with Crippen molar-refractivity contribution >= 4 is 0 Å². The molecule has 2 nitrogen and oxygen atoms in total. The van der Waals surface area contributed by atoms with Gasteiger partial charge in [-0.1, -0.05) is 31.8 Å². The lowest BCUT2D eigenvalue weighted by Gasteiger charge is -2.27. The highest BCUT2D eigenvalue weighted by Gasteiger charge is 2.26. The van der Waals surface area contributed by atoms with Gasteiger partial charge in [0, 0.05) is 12.6 Å². The highest BCUT2D eigenvalue weighted by Crippen LogP contribution is 2.25. The van der Waals surface area contributed by atoms with E-state index in [1.165, 1.54) is 18.9 Å². The molecule has 1 unspecified atom stereocenters. The second kappa shape index (κ2) is 6.88. The first kappa shape index (κ1) is 15.0. The fourth-order valence-corrected chi connectivity index (χ4v) is 2.95. The predicted molar refractivity (Wildman–Crippen MR) is 80.6 cm³/mol. The standard InChI is InChI=1S/C17H23FN2/c1-13(2)17-6-4-10-20(17)12-14-7-8-16(18)15(11-14)5-3-9-19/h7-8,11,13,17H,4,6,9-10,12,19H2,1-2H3. The Kier molecular flexibility index (Phi) is 5.17. The van der Waals surface area contributed by atoms with Gasteiger partial charge in [-0.3, -0.25) is 4.90 Å². The van der Waals surface area contributed by atoms with Gasteiger partial charge in [-0.2, -0.15) is 0 Å². The summed E-state index contributed by atoms with van der Waals surface area (Å²) in [4.78, 5) is 2.50. The SMILES string of the molecule is CC(C)C1CCCN1Cc1ccc(F)c(C#CCN)c1. The Bertz CT molecular complexity index is 513. The maximum atomic E-state index is 13.7. The van der Waals surface area contributed by atoms with Gasteiger partial charge >= 0.3 is 0 Å². The monoisotopic (exact) mass is 274 g/mol. The Morgan fingerprint density at radius 3 is 2.95 bits per heavy atom. The van der Waals surface area contributed by atoms with Crippen molar-refractivity contribution in [3.63, 3.8) is 0 Å². The number of halogens is 1. The van der Waals surface area contributed by atoms with Gasteiger partial charge < -0.3 is 5.73 Å². The minimum atomic E-state index is -0.267. The van der Waals surface area contributed by atoms with Crippen molar-refractivity contribution in [3.8, 4) is 11.8 Å². The van der Waals surface area contributed by atoms with E-state index in [9.17, 15) is 4.39 Å². The zero-order chi connectivity index (χ0) is 14.5. The molecule has 1 aromatic carbocycles. The van der Waals surface area contributed by atoms with Gasteiger partial charge in [0.1, 0.15) is 5.82 Å². The van der Waals surface area contributed by atoms with E-state index in [1.54, 1.807) is 0 Å². The molecule has 20 heavy (non-hydrogen) atoms. The zero-order valence-electron chi connectivity index (χ0n) is 12.3. The minimum absolute atomic E-state index is 0.255. The Balaban J connectivity index is 2.13. The van der Waals surface area contributed by atoms with Crippen molar-refractivity contribution in [2.75, 3.05) is 13.1 Å². The molecule has 0 amide bonds. The number of benzene rings is 1. The van der Waals surface area contributed by atoms with E-state index in [4.69, 9.17) is 5.73 Å². The molecule has 1 fully saturated rings. The van der Waals surface area contributed by atoms with Gasteiger partial charge in [0.15, 0.2) is 0 Å². The van der Waals surface area contributed by atoms with Gasteiger partial charge in [-0.15, -0.1) is 0 Å². The molecule has 3 heteroatoms. The Hall–Kier alpha value is -1.37. The van der Waals surface area contributed by atoms with Gasteiger partial charge in [-0.25, -0.2) is 4.39 Å². The van der Waals surface area contributed by atoms with Crippen molar-refractivity contribution in [3.05, 3.63) is 35.1 Å². The van der Waals surface area contributed by atoms with Crippen LogP contribution in [0.1, 0.15) is 37.8 Å². The Labute approximate surface area is 121 Å². The van der Waals surface area contributed by atoms with Crippen LogP contribution in [0.4, 0.5) is 4.39 Å². The average molecular weight is 274 g/mol. The molecule has 0 spiro atoms. The lowest BCUT2D eigenvalue weighted by Crippen LogP contribution is -2.32. The summed E-state index contributed by atoms with van der Waals surface area (Å²) in [7, 11) is 0. The van der Waals surface area contributed by atoms with Crippen LogP contribution in [-0.2, 0) is 6.54 Å². The third-order valence-electron chi connectivity index (χ3n) is 3.93. The first-order chi connectivity index (χ1) is 9.61. The maximum absolute atomic E-state index is 13.7. The van der Waals surface area contributed by atoms with Crippen molar-refractivity contribution in [1.29, 1.82) is 0 Å². The van der Waals surface area contributed by atoms with E-state index in [0.29, 0.717) is 17.5 Å². The number of likely N-dealkylation sites (tertiary alicyclic amines) is 1.